The third-order valence-electron chi connectivity index (χ3n) is 2.34. The molecule has 1 heterocycles. The van der Waals surface area contributed by atoms with E-state index in [1.54, 1.807) is 6.07 Å². The van der Waals surface area contributed by atoms with Crippen LogP contribution in [-0.2, 0) is 11.3 Å². The van der Waals surface area contributed by atoms with Gasteiger partial charge in [-0.1, -0.05) is 0 Å². The number of aliphatic hydroxyl groups is 2. The van der Waals surface area contributed by atoms with Gasteiger partial charge >= 0.3 is 5.97 Å². The molecule has 0 amide bonds. The molecule has 1 aromatic rings. The molecule has 1 aromatic heterocycles. The predicted octanol–water partition coefficient (Wildman–Crippen LogP) is -0.147. The maximum Gasteiger partial charge on any atom is 0.374 e. The fourth-order valence-electron chi connectivity index (χ4n) is 1.53. The van der Waals surface area contributed by atoms with E-state index >= 15 is 0 Å². The van der Waals surface area contributed by atoms with Crippen molar-refractivity contribution in [1.82, 2.24) is 4.90 Å². The average Bonchev–Trinajstić information content (AvgIpc) is 2.77. The smallest absolute Gasteiger partial charge is 0.374 e. The maximum atomic E-state index is 11.4. The van der Waals surface area contributed by atoms with Crippen molar-refractivity contribution in [2.75, 3.05) is 33.4 Å². The Morgan fingerprint density at radius 2 is 2.06 bits per heavy atom. The van der Waals surface area contributed by atoms with Crippen molar-refractivity contribution in [2.24, 2.45) is 0 Å². The topological polar surface area (TPSA) is 83.1 Å². The lowest BCUT2D eigenvalue weighted by molar-refractivity contribution is 0.0561. The summed E-state index contributed by atoms with van der Waals surface area (Å²) in [6.45, 7) is 1.25. The molecular formula is C11H17NO5. The Bertz CT molecular complexity index is 343. The molecule has 17 heavy (non-hydrogen) atoms. The van der Waals surface area contributed by atoms with Crippen molar-refractivity contribution in [3.63, 3.8) is 0 Å². The van der Waals surface area contributed by atoms with Gasteiger partial charge in [-0.2, -0.15) is 0 Å². The highest BCUT2D eigenvalue weighted by molar-refractivity contribution is 5.87. The minimum atomic E-state index is -0.530. The molecule has 0 atom stereocenters. The first-order chi connectivity index (χ1) is 8.22. The molecule has 0 aliphatic rings. The number of nitrogens with zero attached hydrogens (tertiary/aromatic N) is 1. The van der Waals surface area contributed by atoms with Gasteiger partial charge in [0.1, 0.15) is 0 Å². The van der Waals surface area contributed by atoms with E-state index in [4.69, 9.17) is 14.6 Å². The Morgan fingerprint density at radius 1 is 1.41 bits per heavy atom. The van der Waals surface area contributed by atoms with Crippen LogP contribution in [0.15, 0.2) is 16.7 Å². The van der Waals surface area contributed by atoms with Crippen LogP contribution in [-0.4, -0.2) is 54.5 Å². The molecule has 96 valence electrons. The third-order valence-corrected chi connectivity index (χ3v) is 2.34. The first-order valence-corrected chi connectivity index (χ1v) is 5.31. The molecule has 2 N–H and O–H groups in total. The third kappa shape index (κ3) is 3.85. The van der Waals surface area contributed by atoms with E-state index in [2.05, 4.69) is 4.74 Å². The Kier molecular flexibility index (Phi) is 5.68. The van der Waals surface area contributed by atoms with Crippen LogP contribution in [0.1, 0.15) is 16.1 Å². The number of hydrogen-bond donors (Lipinski definition) is 2. The summed E-state index contributed by atoms with van der Waals surface area (Å²) in [5.41, 5.74) is 0.679. The number of furan rings is 1. The predicted molar refractivity (Wildman–Crippen MR) is 59.5 cm³/mol. The molecule has 0 aromatic carbocycles. The van der Waals surface area contributed by atoms with E-state index in [-0.39, 0.29) is 19.0 Å². The summed E-state index contributed by atoms with van der Waals surface area (Å²) >= 11 is 0. The SMILES string of the molecule is COC(=O)c1occc1CN(CCO)CCO. The van der Waals surface area contributed by atoms with E-state index in [0.29, 0.717) is 25.2 Å². The molecule has 0 aliphatic carbocycles. The molecule has 0 saturated carbocycles. The summed E-state index contributed by atoms with van der Waals surface area (Å²) in [5.74, 6) is -0.369. The van der Waals surface area contributed by atoms with Crippen LogP contribution >= 0.6 is 0 Å². The van der Waals surface area contributed by atoms with Crippen LogP contribution in [0.4, 0.5) is 0 Å². The number of carbonyl (C=O) groups is 1. The van der Waals surface area contributed by atoms with Crippen molar-refractivity contribution >= 4 is 5.97 Å². The van der Waals surface area contributed by atoms with Crippen molar-refractivity contribution in [3.05, 3.63) is 23.7 Å². The number of rotatable bonds is 7. The standard InChI is InChI=1S/C11H17NO5/c1-16-11(15)10-9(2-7-17-10)8-12(3-5-13)4-6-14/h2,7,13-14H,3-6,8H2,1H3. The van der Waals surface area contributed by atoms with Crippen LogP contribution in [0.2, 0.25) is 0 Å². The van der Waals surface area contributed by atoms with Crippen LogP contribution in [0.3, 0.4) is 0 Å². The highest BCUT2D eigenvalue weighted by Crippen LogP contribution is 2.14. The Morgan fingerprint density at radius 3 is 2.59 bits per heavy atom. The molecule has 0 bridgehead atoms. The van der Waals surface area contributed by atoms with Crippen LogP contribution in [0, 0.1) is 0 Å². The first kappa shape index (κ1) is 13.7. The van der Waals surface area contributed by atoms with Crippen molar-refractivity contribution in [2.45, 2.75) is 6.54 Å². The van der Waals surface area contributed by atoms with Gasteiger partial charge in [0, 0.05) is 25.2 Å². The lowest BCUT2D eigenvalue weighted by Crippen LogP contribution is -2.29. The van der Waals surface area contributed by atoms with E-state index < -0.39 is 5.97 Å². The largest absolute Gasteiger partial charge is 0.463 e. The molecule has 1 rings (SSSR count). The summed E-state index contributed by atoms with van der Waals surface area (Å²) in [5, 5.41) is 17.8. The average molecular weight is 243 g/mol. The molecule has 0 spiro atoms. The molecule has 0 radical (unpaired) electrons. The van der Waals surface area contributed by atoms with Gasteiger partial charge in [-0.3, -0.25) is 4.90 Å². The van der Waals surface area contributed by atoms with Crippen molar-refractivity contribution < 1.29 is 24.2 Å². The lowest BCUT2D eigenvalue weighted by Gasteiger charge is -2.19. The Labute approximate surface area is 99.4 Å². The summed E-state index contributed by atoms with van der Waals surface area (Å²) in [4.78, 5) is 13.2. The van der Waals surface area contributed by atoms with E-state index in [9.17, 15) is 4.79 Å². The van der Waals surface area contributed by atoms with Gasteiger partial charge in [0.15, 0.2) is 0 Å². The van der Waals surface area contributed by atoms with E-state index in [1.807, 2.05) is 4.90 Å². The highest BCUT2D eigenvalue weighted by Gasteiger charge is 2.17. The number of aliphatic hydroxyl groups excluding tert-OH is 2. The molecule has 0 unspecified atom stereocenters. The van der Waals surface area contributed by atoms with Gasteiger partial charge in [-0.15, -0.1) is 0 Å². The zero-order chi connectivity index (χ0) is 12.7. The number of carbonyl (C=O) groups excluding carboxylic acids is 1. The number of esters is 1. The fourth-order valence-corrected chi connectivity index (χ4v) is 1.53. The second-order valence-electron chi connectivity index (χ2n) is 3.49. The van der Waals surface area contributed by atoms with Crippen LogP contribution < -0.4 is 0 Å². The zero-order valence-corrected chi connectivity index (χ0v) is 9.76. The molecule has 6 heteroatoms. The minimum absolute atomic E-state index is 0.00852. The van der Waals surface area contributed by atoms with Gasteiger partial charge < -0.3 is 19.4 Å². The number of hydrogen-bond acceptors (Lipinski definition) is 6. The van der Waals surface area contributed by atoms with Crippen LogP contribution in [0.5, 0.6) is 0 Å². The molecule has 0 saturated heterocycles. The lowest BCUT2D eigenvalue weighted by atomic mass is 10.2. The van der Waals surface area contributed by atoms with E-state index in [1.165, 1.54) is 13.4 Å². The normalized spacial score (nSPS) is 10.8. The van der Waals surface area contributed by atoms with E-state index in [0.717, 1.165) is 0 Å². The van der Waals surface area contributed by atoms with Gasteiger partial charge in [-0.25, -0.2) is 4.79 Å². The second kappa shape index (κ2) is 7.05. The summed E-state index contributed by atoms with van der Waals surface area (Å²) < 4.78 is 9.64. The highest BCUT2D eigenvalue weighted by atomic mass is 16.5. The summed E-state index contributed by atoms with van der Waals surface area (Å²) in [6, 6.07) is 1.67. The fraction of sp³-hybridized carbons (Fsp3) is 0.545. The monoisotopic (exact) mass is 243 g/mol. The maximum absolute atomic E-state index is 11.4. The first-order valence-electron chi connectivity index (χ1n) is 5.31. The molecular weight excluding hydrogens is 226 g/mol. The number of methoxy groups -OCH3 is 1. The summed E-state index contributed by atoms with van der Waals surface area (Å²) in [6.07, 6.45) is 1.41. The Hall–Kier alpha value is -1.37. The number of ether oxygens (including phenoxy) is 1. The zero-order valence-electron chi connectivity index (χ0n) is 9.76. The second-order valence-corrected chi connectivity index (χ2v) is 3.49. The van der Waals surface area contributed by atoms with Gasteiger partial charge in [0.2, 0.25) is 5.76 Å². The van der Waals surface area contributed by atoms with Crippen molar-refractivity contribution in [3.8, 4) is 0 Å². The Balaban J connectivity index is 2.71. The van der Waals surface area contributed by atoms with Gasteiger partial charge in [-0.05, 0) is 6.07 Å². The summed E-state index contributed by atoms with van der Waals surface area (Å²) in [7, 11) is 1.29. The molecule has 0 aliphatic heterocycles. The van der Waals surface area contributed by atoms with Crippen LogP contribution in [0.25, 0.3) is 0 Å². The van der Waals surface area contributed by atoms with Gasteiger partial charge in [0.05, 0.1) is 26.6 Å². The quantitative estimate of drug-likeness (QED) is 0.648. The van der Waals surface area contributed by atoms with Gasteiger partial charge in [0.25, 0.3) is 0 Å². The molecule has 6 nitrogen and oxygen atoms in total. The van der Waals surface area contributed by atoms with Crippen molar-refractivity contribution in [1.29, 1.82) is 0 Å². The molecule has 0 fully saturated rings. The minimum Gasteiger partial charge on any atom is -0.463 e.